The third-order valence-electron chi connectivity index (χ3n) is 26.3. The number of carbonyl (C=O) groups excluding carboxylic acids is 7. The first kappa shape index (κ1) is 76.7. The molecule has 0 aromatic rings. The number of rotatable bonds is 34. The molecule has 0 heterocycles. The van der Waals surface area contributed by atoms with Crippen LogP contribution in [0.4, 0.5) is 0 Å². The molecule has 0 saturated heterocycles. The molecule has 6 atom stereocenters. The van der Waals surface area contributed by atoms with Gasteiger partial charge in [0.05, 0.1) is 37.9 Å². The molecule has 7 rings (SSSR count). The Balaban J connectivity index is 1.45. The molecule has 0 radical (unpaired) electrons. The fraction of sp³-hybridized carbons (Fsp3) is 0.911. The monoisotopic (exact) mass is 1300 g/mol. The van der Waals surface area contributed by atoms with Crippen LogP contribution in [0.2, 0.25) is 0 Å². The van der Waals surface area contributed by atoms with Crippen molar-refractivity contribution in [1.29, 1.82) is 0 Å². The number of esters is 7. The predicted octanol–water partition coefficient (Wildman–Crippen LogP) is 19.7. The van der Waals surface area contributed by atoms with Gasteiger partial charge in [-0.3, -0.25) is 33.6 Å². The highest BCUT2D eigenvalue weighted by atomic mass is 16.6. The second-order valence-corrected chi connectivity index (χ2v) is 34.6. The van der Waals surface area contributed by atoms with Crippen LogP contribution in [0.1, 0.15) is 380 Å². The molecule has 7 saturated carbocycles. The lowest BCUT2D eigenvalue weighted by Gasteiger charge is -2.48. The van der Waals surface area contributed by atoms with Crippen LogP contribution in [0.3, 0.4) is 0 Å². The maximum Gasteiger partial charge on any atom is 0.312 e. The van der Waals surface area contributed by atoms with Crippen molar-refractivity contribution >= 4 is 41.8 Å². The summed E-state index contributed by atoms with van der Waals surface area (Å²) in [5.41, 5.74) is -15.9. The first-order valence-electron chi connectivity index (χ1n) is 38.2. The van der Waals surface area contributed by atoms with Gasteiger partial charge in [0.25, 0.3) is 0 Å². The van der Waals surface area contributed by atoms with Gasteiger partial charge in [-0.15, -0.1) is 0 Å². The number of ether oxygens (including phenoxy) is 7. The normalized spacial score (nSPS) is 25.6. The zero-order valence-corrected chi connectivity index (χ0v) is 61.9. The summed E-state index contributed by atoms with van der Waals surface area (Å²) < 4.78 is 48.2. The Hall–Kier alpha value is -3.71. The molecule has 7 aliphatic carbocycles. The minimum absolute atomic E-state index is 0.0178. The molecule has 7 fully saturated rings. The minimum Gasteiger partial charge on any atom is -0.459 e. The van der Waals surface area contributed by atoms with Crippen molar-refractivity contribution in [2.75, 3.05) is 0 Å². The Morgan fingerprint density at radius 1 is 0.226 bits per heavy atom. The molecule has 14 nitrogen and oxygen atoms in total. The summed E-state index contributed by atoms with van der Waals surface area (Å²) in [6, 6.07) is 0. The maximum absolute atomic E-state index is 16.6. The minimum atomic E-state index is -1.74. The highest BCUT2D eigenvalue weighted by Gasteiger charge is 2.62. The van der Waals surface area contributed by atoms with Crippen LogP contribution in [-0.2, 0) is 66.7 Å². The van der Waals surface area contributed by atoms with Crippen LogP contribution < -0.4 is 0 Å². The number of hydrogen-bond acceptors (Lipinski definition) is 14. The third kappa shape index (κ3) is 17.1. The van der Waals surface area contributed by atoms with Crippen LogP contribution in [-0.4, -0.2) is 81.0 Å². The van der Waals surface area contributed by atoms with Gasteiger partial charge in [-0.2, -0.15) is 0 Å². The summed E-state index contributed by atoms with van der Waals surface area (Å²) in [7, 11) is 0. The molecule has 0 amide bonds. The fourth-order valence-electron chi connectivity index (χ4n) is 19.8. The molecule has 14 heteroatoms. The van der Waals surface area contributed by atoms with E-state index in [1.165, 1.54) is 0 Å². The highest BCUT2D eigenvalue weighted by molar-refractivity contribution is 5.87. The van der Waals surface area contributed by atoms with Crippen molar-refractivity contribution in [2.45, 2.75) is 420 Å². The predicted molar refractivity (Wildman–Crippen MR) is 363 cm³/mol. The average Bonchev–Trinajstić information content (AvgIpc) is 0.801. The van der Waals surface area contributed by atoms with Gasteiger partial charge in [-0.1, -0.05) is 55.4 Å². The quantitative estimate of drug-likeness (QED) is 0.0438. The molecule has 0 aliphatic heterocycles. The average molecular weight is 1310 g/mol. The van der Waals surface area contributed by atoms with Gasteiger partial charge in [-0.25, -0.2) is 0 Å². The number of carbonyl (C=O) groups is 7. The topological polar surface area (TPSA) is 184 Å². The molecule has 0 aromatic heterocycles. The molecule has 7 aliphatic rings. The Morgan fingerprint density at radius 2 is 0.366 bits per heavy atom. The summed E-state index contributed by atoms with van der Waals surface area (Å²) in [5.74, 6) is -3.55. The lowest BCUT2D eigenvalue weighted by atomic mass is 9.57. The van der Waals surface area contributed by atoms with E-state index in [-0.39, 0.29) is 44.5 Å². The molecule has 532 valence electrons. The third-order valence-corrected chi connectivity index (χ3v) is 26.3. The largest absolute Gasteiger partial charge is 0.459 e. The van der Waals surface area contributed by atoms with Gasteiger partial charge in [-0.05, 0) is 325 Å². The van der Waals surface area contributed by atoms with E-state index in [1.807, 2.05) is 90.0 Å². The van der Waals surface area contributed by atoms with Gasteiger partial charge in [0.15, 0.2) is 0 Å². The standard InChI is InChI=1S/C79H132O14/c1-17-67(11,60(81)88-74(19-3)41-27-28-42-74)54-69(13,62(83)90-76(21-5)45-31-32-46-76)56-71(15,64(85)92-78(23-7)49-35-36-50-78)58-72(16,65(86)93-79(24-8)51-37-38-52-79)57-70(14,63(84)91-77(22-6)47-33-34-48-77)55-68(12,61(82)89-75(20-4)43-29-30-44-75)53-66(9,10)59(80)87-73(18-2)39-25-26-40-73/h17-58H2,1-16H3. The van der Waals surface area contributed by atoms with Crippen LogP contribution in [0.5, 0.6) is 0 Å². The summed E-state index contributed by atoms with van der Waals surface area (Å²) in [6.07, 6.45) is 25.9. The van der Waals surface area contributed by atoms with Crippen LogP contribution in [0, 0.1) is 37.9 Å². The van der Waals surface area contributed by atoms with Crippen molar-refractivity contribution in [3.05, 3.63) is 0 Å². The molecule has 6 unspecified atom stereocenters. The van der Waals surface area contributed by atoms with Crippen molar-refractivity contribution in [3.8, 4) is 0 Å². The molecule has 0 bridgehead atoms. The van der Waals surface area contributed by atoms with Gasteiger partial charge >= 0.3 is 41.8 Å². The highest BCUT2D eigenvalue weighted by Crippen LogP contribution is 2.59. The van der Waals surface area contributed by atoms with Gasteiger partial charge in [0.1, 0.15) is 39.2 Å². The van der Waals surface area contributed by atoms with Crippen LogP contribution in [0.25, 0.3) is 0 Å². The van der Waals surface area contributed by atoms with E-state index in [4.69, 9.17) is 33.2 Å². The molecule has 0 spiro atoms. The Morgan fingerprint density at radius 3 is 0.527 bits per heavy atom. The smallest absolute Gasteiger partial charge is 0.312 e. The second-order valence-electron chi connectivity index (χ2n) is 34.6. The SMILES string of the molecule is CCC1(OC(=O)C(C)(C)CC(C)(CC(C)(CC(C)(CC(C)(CC(C)(CC(C)(CC)C(=O)OC2(CC)CCCC2)C(=O)OC2(CC)CCCC2)C(=O)OC2(CC)CCCC2)C(=O)OC2(CC)CCCC2)C(=O)OC2(CC)CCCC2)C(=O)OC2(CC)CCCC2)CCCC1. The van der Waals surface area contributed by atoms with E-state index >= 15 is 33.6 Å². The summed E-state index contributed by atoms with van der Waals surface area (Å²) in [5, 5.41) is 0. The Bertz CT molecular complexity index is 2580. The fourth-order valence-corrected chi connectivity index (χ4v) is 19.8. The van der Waals surface area contributed by atoms with E-state index in [2.05, 4.69) is 20.8 Å². The summed E-state index contributed by atoms with van der Waals surface area (Å²) >= 11 is 0. The zero-order valence-electron chi connectivity index (χ0n) is 61.9. The Kier molecular flexibility index (Phi) is 24.5. The van der Waals surface area contributed by atoms with Crippen molar-refractivity contribution < 1.29 is 66.7 Å². The lowest BCUT2D eigenvalue weighted by Crippen LogP contribution is -2.53. The summed E-state index contributed by atoms with van der Waals surface area (Å²) in [6.45, 7) is 31.0. The van der Waals surface area contributed by atoms with Crippen molar-refractivity contribution in [1.82, 2.24) is 0 Å². The molecule has 93 heavy (non-hydrogen) atoms. The first-order chi connectivity index (χ1) is 43.6. The Labute approximate surface area is 563 Å². The van der Waals surface area contributed by atoms with Crippen molar-refractivity contribution in [3.63, 3.8) is 0 Å². The second kappa shape index (κ2) is 29.8. The zero-order chi connectivity index (χ0) is 68.7. The van der Waals surface area contributed by atoms with Crippen LogP contribution >= 0.6 is 0 Å². The molecule has 0 aromatic carbocycles. The van der Waals surface area contributed by atoms with Gasteiger partial charge in [0.2, 0.25) is 0 Å². The van der Waals surface area contributed by atoms with E-state index < -0.39 is 113 Å². The van der Waals surface area contributed by atoms with E-state index in [1.54, 1.807) is 0 Å². The van der Waals surface area contributed by atoms with Crippen molar-refractivity contribution in [2.24, 2.45) is 37.9 Å². The maximum atomic E-state index is 16.6. The lowest BCUT2D eigenvalue weighted by molar-refractivity contribution is -0.192. The van der Waals surface area contributed by atoms with Gasteiger partial charge < -0.3 is 33.2 Å². The summed E-state index contributed by atoms with van der Waals surface area (Å²) in [4.78, 5) is 112. The van der Waals surface area contributed by atoms with E-state index in [0.717, 1.165) is 116 Å². The van der Waals surface area contributed by atoms with Crippen LogP contribution in [0.15, 0.2) is 0 Å². The van der Waals surface area contributed by atoms with Gasteiger partial charge in [0, 0.05) is 0 Å². The number of hydrogen-bond donors (Lipinski definition) is 0. The van der Waals surface area contributed by atoms with E-state index in [9.17, 15) is 0 Å². The van der Waals surface area contributed by atoms with E-state index in [0.29, 0.717) is 116 Å². The molecular formula is C79H132O14. The molecule has 0 N–H and O–H groups in total. The first-order valence-corrected chi connectivity index (χ1v) is 38.2. The molecular weight excluding hydrogens is 1170 g/mol.